The lowest BCUT2D eigenvalue weighted by atomic mass is 9.86. The molecule has 1 aromatic heterocycles. The maximum Gasteiger partial charge on any atom is 0.134 e. The minimum atomic E-state index is 0.503. The highest BCUT2D eigenvalue weighted by molar-refractivity contribution is 5.82. The fourth-order valence-electron chi connectivity index (χ4n) is 2.54. The van der Waals surface area contributed by atoms with E-state index in [9.17, 15) is 0 Å². The van der Waals surface area contributed by atoms with Crippen LogP contribution >= 0.6 is 0 Å². The fraction of sp³-hybridized carbons (Fsp3) is 0.467. The van der Waals surface area contributed by atoms with Crippen LogP contribution in [0.2, 0.25) is 0 Å². The van der Waals surface area contributed by atoms with Crippen molar-refractivity contribution in [2.24, 2.45) is 5.92 Å². The van der Waals surface area contributed by atoms with Crippen LogP contribution in [0.5, 0.6) is 0 Å². The fourth-order valence-corrected chi connectivity index (χ4v) is 2.54. The lowest BCUT2D eigenvalue weighted by Gasteiger charge is -2.20. The average Bonchev–Trinajstić information content (AvgIpc) is 2.62. The molecule has 0 aliphatic rings. The Morgan fingerprint density at radius 3 is 2.59 bits per heavy atom. The van der Waals surface area contributed by atoms with E-state index in [1.54, 1.807) is 0 Å². The minimum Gasteiger partial charge on any atom is -0.461 e. The van der Waals surface area contributed by atoms with Crippen molar-refractivity contribution in [3.63, 3.8) is 0 Å². The molecule has 17 heavy (non-hydrogen) atoms. The predicted octanol–water partition coefficient (Wildman–Crippen LogP) is 3.70. The van der Waals surface area contributed by atoms with Gasteiger partial charge >= 0.3 is 0 Å². The van der Waals surface area contributed by atoms with Crippen molar-refractivity contribution in [1.29, 1.82) is 0 Å². The van der Waals surface area contributed by atoms with E-state index < -0.39 is 0 Å². The molecule has 1 N–H and O–H groups in total. The van der Waals surface area contributed by atoms with E-state index in [1.807, 2.05) is 19.2 Å². The number of para-hydroxylation sites is 1. The number of nitrogens with one attached hydrogen (secondary N) is 1. The Bertz CT molecular complexity index is 499. The Morgan fingerprint density at radius 2 is 1.94 bits per heavy atom. The van der Waals surface area contributed by atoms with Crippen molar-refractivity contribution in [1.82, 2.24) is 5.32 Å². The number of benzene rings is 1. The summed E-state index contributed by atoms with van der Waals surface area (Å²) >= 11 is 0. The highest BCUT2D eigenvalue weighted by atomic mass is 16.3. The molecule has 1 atom stereocenters. The SMILES string of the molecule is CNCC(c1c(C)oc2ccccc12)C(C)C. The number of aryl methyl sites for hydroxylation is 1. The number of fused-ring (bicyclic) bond motifs is 1. The van der Waals surface area contributed by atoms with Gasteiger partial charge in [0.05, 0.1) is 0 Å². The van der Waals surface area contributed by atoms with Crippen LogP contribution in [0, 0.1) is 12.8 Å². The second kappa shape index (κ2) is 4.92. The van der Waals surface area contributed by atoms with Crippen molar-refractivity contribution < 1.29 is 4.42 Å². The van der Waals surface area contributed by atoms with E-state index in [0.29, 0.717) is 11.8 Å². The number of hydrogen-bond acceptors (Lipinski definition) is 2. The Balaban J connectivity index is 2.55. The van der Waals surface area contributed by atoms with Crippen molar-refractivity contribution in [3.05, 3.63) is 35.6 Å². The van der Waals surface area contributed by atoms with E-state index in [2.05, 4.69) is 38.2 Å². The van der Waals surface area contributed by atoms with Gasteiger partial charge in [-0.1, -0.05) is 32.0 Å². The summed E-state index contributed by atoms with van der Waals surface area (Å²) in [7, 11) is 2.01. The largest absolute Gasteiger partial charge is 0.461 e. The topological polar surface area (TPSA) is 25.2 Å². The molecule has 0 radical (unpaired) electrons. The molecule has 0 spiro atoms. The van der Waals surface area contributed by atoms with Gasteiger partial charge in [-0.15, -0.1) is 0 Å². The summed E-state index contributed by atoms with van der Waals surface area (Å²) in [6, 6.07) is 8.31. The summed E-state index contributed by atoms with van der Waals surface area (Å²) in [5.74, 6) is 2.16. The van der Waals surface area contributed by atoms with Crippen molar-refractivity contribution in [3.8, 4) is 0 Å². The van der Waals surface area contributed by atoms with Crippen molar-refractivity contribution >= 4 is 11.0 Å². The summed E-state index contributed by atoms with van der Waals surface area (Å²) < 4.78 is 5.85. The summed E-state index contributed by atoms with van der Waals surface area (Å²) in [4.78, 5) is 0. The van der Waals surface area contributed by atoms with Crippen LogP contribution in [0.15, 0.2) is 28.7 Å². The number of likely N-dealkylation sites (N-methyl/N-ethyl adjacent to an activating group) is 1. The van der Waals surface area contributed by atoms with Gasteiger partial charge in [0.2, 0.25) is 0 Å². The van der Waals surface area contributed by atoms with E-state index in [4.69, 9.17) is 4.42 Å². The molecule has 0 amide bonds. The molecule has 0 fully saturated rings. The quantitative estimate of drug-likeness (QED) is 0.868. The third kappa shape index (κ3) is 2.22. The first-order valence-corrected chi connectivity index (χ1v) is 6.27. The molecule has 1 heterocycles. The molecule has 0 aliphatic carbocycles. The molecule has 2 heteroatoms. The van der Waals surface area contributed by atoms with E-state index in [1.165, 1.54) is 10.9 Å². The second-order valence-corrected chi connectivity index (χ2v) is 4.98. The van der Waals surface area contributed by atoms with Gasteiger partial charge in [0.1, 0.15) is 11.3 Å². The van der Waals surface area contributed by atoms with Crippen LogP contribution in [0.1, 0.15) is 31.1 Å². The highest BCUT2D eigenvalue weighted by Gasteiger charge is 2.22. The first-order chi connectivity index (χ1) is 8.15. The van der Waals surface area contributed by atoms with E-state index >= 15 is 0 Å². The van der Waals surface area contributed by atoms with Gasteiger partial charge in [0.15, 0.2) is 0 Å². The minimum absolute atomic E-state index is 0.503. The molecule has 0 aliphatic heterocycles. The summed E-state index contributed by atoms with van der Waals surface area (Å²) in [6.07, 6.45) is 0. The second-order valence-electron chi connectivity index (χ2n) is 4.98. The smallest absolute Gasteiger partial charge is 0.134 e. The van der Waals surface area contributed by atoms with Crippen LogP contribution in [0.3, 0.4) is 0 Å². The van der Waals surface area contributed by atoms with Crippen LogP contribution in [-0.2, 0) is 0 Å². The van der Waals surface area contributed by atoms with Crippen LogP contribution in [0.25, 0.3) is 11.0 Å². The summed E-state index contributed by atoms with van der Waals surface area (Å²) in [6.45, 7) is 7.59. The molecular weight excluding hydrogens is 210 g/mol. The third-order valence-electron chi connectivity index (χ3n) is 3.42. The third-order valence-corrected chi connectivity index (χ3v) is 3.42. The number of furan rings is 1. The van der Waals surface area contributed by atoms with Gasteiger partial charge in [0, 0.05) is 23.4 Å². The molecule has 1 unspecified atom stereocenters. The Kier molecular flexibility index (Phi) is 3.53. The van der Waals surface area contributed by atoms with Gasteiger partial charge in [-0.3, -0.25) is 0 Å². The number of rotatable bonds is 4. The molecule has 92 valence electrons. The molecule has 2 rings (SSSR count). The van der Waals surface area contributed by atoms with Crippen molar-refractivity contribution in [2.45, 2.75) is 26.7 Å². The molecule has 0 bridgehead atoms. The zero-order chi connectivity index (χ0) is 12.4. The number of hydrogen-bond donors (Lipinski definition) is 1. The average molecular weight is 231 g/mol. The molecule has 2 nitrogen and oxygen atoms in total. The van der Waals surface area contributed by atoms with Crippen LogP contribution in [-0.4, -0.2) is 13.6 Å². The molecular formula is C15H21NO. The van der Waals surface area contributed by atoms with Gasteiger partial charge < -0.3 is 9.73 Å². The van der Waals surface area contributed by atoms with E-state index in [-0.39, 0.29) is 0 Å². The van der Waals surface area contributed by atoms with Gasteiger partial charge in [0.25, 0.3) is 0 Å². The summed E-state index contributed by atoms with van der Waals surface area (Å²) in [5.41, 5.74) is 2.37. The zero-order valence-corrected chi connectivity index (χ0v) is 11.1. The lowest BCUT2D eigenvalue weighted by molar-refractivity contribution is 0.466. The van der Waals surface area contributed by atoms with Crippen LogP contribution in [0.4, 0.5) is 0 Å². The lowest BCUT2D eigenvalue weighted by Crippen LogP contribution is -2.21. The Morgan fingerprint density at radius 1 is 1.24 bits per heavy atom. The van der Waals surface area contributed by atoms with Gasteiger partial charge in [-0.2, -0.15) is 0 Å². The predicted molar refractivity (Wildman–Crippen MR) is 72.5 cm³/mol. The molecule has 0 saturated carbocycles. The summed E-state index contributed by atoms with van der Waals surface area (Å²) in [5, 5.41) is 4.55. The Labute approximate surface area is 103 Å². The van der Waals surface area contributed by atoms with Crippen molar-refractivity contribution in [2.75, 3.05) is 13.6 Å². The van der Waals surface area contributed by atoms with Gasteiger partial charge in [-0.05, 0) is 26.0 Å². The maximum absolute atomic E-state index is 5.85. The van der Waals surface area contributed by atoms with Crippen LogP contribution < -0.4 is 5.32 Å². The monoisotopic (exact) mass is 231 g/mol. The normalized spacial score (nSPS) is 13.5. The van der Waals surface area contributed by atoms with Gasteiger partial charge in [-0.25, -0.2) is 0 Å². The first kappa shape index (κ1) is 12.2. The van der Waals surface area contributed by atoms with E-state index in [0.717, 1.165) is 17.9 Å². The highest BCUT2D eigenvalue weighted by Crippen LogP contribution is 2.34. The molecule has 0 saturated heterocycles. The molecule has 1 aromatic carbocycles. The maximum atomic E-state index is 5.85. The zero-order valence-electron chi connectivity index (χ0n) is 11.1. The first-order valence-electron chi connectivity index (χ1n) is 6.27. The standard InChI is InChI=1S/C15H21NO/c1-10(2)13(9-16-4)15-11(3)17-14-8-6-5-7-12(14)15/h5-8,10,13,16H,9H2,1-4H3. The molecule has 2 aromatic rings. The Hall–Kier alpha value is -1.28.